The summed E-state index contributed by atoms with van der Waals surface area (Å²) in [5, 5.41) is 13.9. The first kappa shape index (κ1) is 18.1. The average Bonchev–Trinajstić information content (AvgIpc) is 3.17. The summed E-state index contributed by atoms with van der Waals surface area (Å²) in [6, 6.07) is 4.00. The monoisotopic (exact) mass is 384 g/mol. The molecule has 0 amide bonds. The topological polar surface area (TPSA) is 79.3 Å². The van der Waals surface area contributed by atoms with Gasteiger partial charge in [0.25, 0.3) is 5.78 Å². The molecule has 0 bridgehead atoms. The molecule has 1 saturated heterocycles. The van der Waals surface area contributed by atoms with Gasteiger partial charge in [-0.05, 0) is 24.8 Å². The Balaban J connectivity index is 2.01. The lowest BCUT2D eigenvalue weighted by Crippen LogP contribution is -2.35. The Labute approximate surface area is 160 Å². The van der Waals surface area contributed by atoms with E-state index in [9.17, 15) is 14.0 Å². The zero-order valence-electron chi connectivity index (χ0n) is 15.5. The second-order valence-electron chi connectivity index (χ2n) is 6.88. The predicted molar refractivity (Wildman–Crippen MR) is 98.0 cm³/mol. The molecule has 1 aromatic carbocycles. The molecule has 3 heterocycles. The first-order valence-corrected chi connectivity index (χ1v) is 8.95. The molecule has 0 saturated carbocycles. The molecule has 28 heavy (non-hydrogen) atoms. The van der Waals surface area contributed by atoms with E-state index in [0.29, 0.717) is 24.8 Å². The highest BCUT2D eigenvalue weighted by atomic mass is 19.1. The van der Waals surface area contributed by atoms with Crippen LogP contribution in [0.4, 0.5) is 14.6 Å². The van der Waals surface area contributed by atoms with Crippen molar-refractivity contribution in [2.24, 2.45) is 5.92 Å². The van der Waals surface area contributed by atoms with Gasteiger partial charge in [0.05, 0.1) is 12.7 Å². The molecule has 9 heteroatoms. The molecule has 0 radical (unpaired) electrons. The van der Waals surface area contributed by atoms with E-state index >= 15 is 0 Å². The lowest BCUT2D eigenvalue weighted by Gasteiger charge is -2.33. The number of aromatic nitrogens is 4. The van der Waals surface area contributed by atoms with Crippen molar-refractivity contribution < 1.29 is 13.5 Å². The summed E-state index contributed by atoms with van der Waals surface area (Å²) in [5.74, 6) is -0.332. The molecular formula is C19H18F2N6O. The van der Waals surface area contributed by atoms with Crippen molar-refractivity contribution in [1.29, 1.82) is 5.26 Å². The smallest absolute Gasteiger partial charge is 0.255 e. The number of fused-ring (bicyclic) bond motifs is 1. The zero-order valence-corrected chi connectivity index (χ0v) is 15.5. The molecule has 1 aliphatic rings. The highest BCUT2D eigenvalue weighted by Crippen LogP contribution is 2.38. The van der Waals surface area contributed by atoms with Crippen LogP contribution in [0.25, 0.3) is 16.9 Å². The normalized spacial score (nSPS) is 15.0. The predicted octanol–water partition coefficient (Wildman–Crippen LogP) is 3.19. The summed E-state index contributed by atoms with van der Waals surface area (Å²) < 4.78 is 35.6. The van der Waals surface area contributed by atoms with Gasteiger partial charge in [-0.2, -0.15) is 24.8 Å². The third-order valence-electron chi connectivity index (χ3n) is 5.10. The maximum atomic E-state index is 14.9. The zero-order chi connectivity index (χ0) is 19.8. The van der Waals surface area contributed by atoms with Crippen molar-refractivity contribution in [3.8, 4) is 22.9 Å². The van der Waals surface area contributed by atoms with Gasteiger partial charge >= 0.3 is 0 Å². The first-order valence-electron chi connectivity index (χ1n) is 8.95. The van der Waals surface area contributed by atoms with Gasteiger partial charge in [-0.3, -0.25) is 0 Å². The molecule has 0 atom stereocenters. The third kappa shape index (κ3) is 2.91. The second-order valence-corrected chi connectivity index (χ2v) is 6.88. The average molecular weight is 384 g/mol. The summed E-state index contributed by atoms with van der Waals surface area (Å²) in [6.45, 7) is 3.59. The maximum absolute atomic E-state index is 14.9. The molecule has 0 spiro atoms. The SMILES string of the molecule is COc1cc(F)c(-c2c(C#N)nc3ncnn3c2N2CCC(C)CC2)cc1F. The van der Waals surface area contributed by atoms with Crippen LogP contribution in [0.15, 0.2) is 18.5 Å². The fourth-order valence-electron chi connectivity index (χ4n) is 3.55. The quantitative estimate of drug-likeness (QED) is 0.690. The van der Waals surface area contributed by atoms with E-state index in [4.69, 9.17) is 4.74 Å². The van der Waals surface area contributed by atoms with Gasteiger partial charge in [-0.25, -0.2) is 8.78 Å². The van der Waals surface area contributed by atoms with Crippen LogP contribution in [-0.2, 0) is 0 Å². The molecule has 4 rings (SSSR count). The number of anilines is 1. The summed E-state index contributed by atoms with van der Waals surface area (Å²) >= 11 is 0. The second kappa shape index (κ2) is 7.03. The minimum Gasteiger partial charge on any atom is -0.494 e. The standard InChI is InChI=1S/C19H18F2N6O/c1-11-3-5-26(6-4-11)18-17(12-7-14(21)16(28-2)8-13(12)20)15(9-22)25-19-23-10-24-27(18)19/h7-8,10-11H,3-6H2,1-2H3. The molecule has 144 valence electrons. The van der Waals surface area contributed by atoms with Crippen LogP contribution in [0.5, 0.6) is 5.75 Å². The van der Waals surface area contributed by atoms with Crippen molar-refractivity contribution in [3.05, 3.63) is 35.8 Å². The van der Waals surface area contributed by atoms with Gasteiger partial charge in [-0.15, -0.1) is 0 Å². The van der Waals surface area contributed by atoms with Crippen molar-refractivity contribution in [2.75, 3.05) is 25.1 Å². The van der Waals surface area contributed by atoms with E-state index in [1.54, 1.807) is 0 Å². The Hall–Kier alpha value is -3.28. The molecule has 7 nitrogen and oxygen atoms in total. The van der Waals surface area contributed by atoms with Gasteiger partial charge in [0.15, 0.2) is 17.3 Å². The van der Waals surface area contributed by atoms with Crippen LogP contribution < -0.4 is 9.64 Å². The summed E-state index contributed by atoms with van der Waals surface area (Å²) in [6.07, 6.45) is 3.22. The van der Waals surface area contributed by atoms with Gasteiger partial charge in [-0.1, -0.05) is 6.92 Å². The van der Waals surface area contributed by atoms with Crippen molar-refractivity contribution in [3.63, 3.8) is 0 Å². The molecule has 2 aromatic heterocycles. The lowest BCUT2D eigenvalue weighted by atomic mass is 9.97. The number of benzene rings is 1. The molecule has 1 fully saturated rings. The van der Waals surface area contributed by atoms with Crippen LogP contribution in [-0.4, -0.2) is 39.8 Å². The van der Waals surface area contributed by atoms with Crippen LogP contribution >= 0.6 is 0 Å². The Bertz CT molecular complexity index is 1080. The summed E-state index contributed by atoms with van der Waals surface area (Å²) in [7, 11) is 1.27. The molecule has 0 aliphatic carbocycles. The highest BCUT2D eigenvalue weighted by Gasteiger charge is 2.28. The lowest BCUT2D eigenvalue weighted by molar-refractivity contribution is 0.383. The number of ether oxygens (including phenoxy) is 1. The highest BCUT2D eigenvalue weighted by molar-refractivity contribution is 5.82. The Kier molecular flexibility index (Phi) is 4.55. The van der Waals surface area contributed by atoms with Crippen LogP contribution in [0, 0.1) is 28.9 Å². The van der Waals surface area contributed by atoms with E-state index in [1.807, 2.05) is 11.0 Å². The Morgan fingerprint density at radius 3 is 2.64 bits per heavy atom. The molecule has 1 aliphatic heterocycles. The van der Waals surface area contributed by atoms with Crippen LogP contribution in [0.3, 0.4) is 0 Å². The van der Waals surface area contributed by atoms with Crippen LogP contribution in [0.2, 0.25) is 0 Å². The largest absolute Gasteiger partial charge is 0.494 e. The summed E-state index contributed by atoms with van der Waals surface area (Å²) in [4.78, 5) is 10.3. The molecular weight excluding hydrogens is 366 g/mol. The minimum atomic E-state index is -0.723. The molecule has 0 unspecified atom stereocenters. The third-order valence-corrected chi connectivity index (χ3v) is 5.10. The van der Waals surface area contributed by atoms with E-state index in [1.165, 1.54) is 18.0 Å². The maximum Gasteiger partial charge on any atom is 0.255 e. The van der Waals surface area contributed by atoms with Crippen LogP contribution in [0.1, 0.15) is 25.5 Å². The minimum absolute atomic E-state index is 0.0300. The number of hydrogen-bond acceptors (Lipinski definition) is 6. The van der Waals surface area contributed by atoms with Crippen molar-refractivity contribution in [1.82, 2.24) is 19.6 Å². The van der Waals surface area contributed by atoms with Gasteiger partial charge in [0, 0.05) is 24.7 Å². The van der Waals surface area contributed by atoms with Gasteiger partial charge in [0.2, 0.25) is 0 Å². The number of nitriles is 1. The fraction of sp³-hybridized carbons (Fsp3) is 0.368. The number of hydrogen-bond donors (Lipinski definition) is 0. The molecule has 0 N–H and O–H groups in total. The number of nitrogens with zero attached hydrogens (tertiary/aromatic N) is 6. The summed E-state index contributed by atoms with van der Waals surface area (Å²) in [5.41, 5.74) is 0.111. The number of piperidine rings is 1. The number of methoxy groups -OCH3 is 1. The molecule has 3 aromatic rings. The van der Waals surface area contributed by atoms with Gasteiger partial charge in [0.1, 0.15) is 24.0 Å². The number of halogens is 2. The van der Waals surface area contributed by atoms with E-state index in [0.717, 1.165) is 25.0 Å². The van der Waals surface area contributed by atoms with E-state index < -0.39 is 11.6 Å². The Morgan fingerprint density at radius 2 is 1.96 bits per heavy atom. The Morgan fingerprint density at radius 1 is 1.21 bits per heavy atom. The van der Waals surface area contributed by atoms with Gasteiger partial charge < -0.3 is 9.64 Å². The van der Waals surface area contributed by atoms with E-state index in [-0.39, 0.29) is 28.3 Å². The van der Waals surface area contributed by atoms with Crippen molar-refractivity contribution >= 4 is 11.6 Å². The number of rotatable bonds is 3. The van der Waals surface area contributed by atoms with Crippen molar-refractivity contribution in [2.45, 2.75) is 19.8 Å². The fourth-order valence-corrected chi connectivity index (χ4v) is 3.55. The van der Waals surface area contributed by atoms with E-state index in [2.05, 4.69) is 22.0 Å². The first-order chi connectivity index (χ1) is 13.5.